The molecule has 0 bridgehead atoms. The summed E-state index contributed by atoms with van der Waals surface area (Å²) in [5, 5.41) is 2.69. The van der Waals surface area contributed by atoms with Gasteiger partial charge in [-0.05, 0) is 51.8 Å². The van der Waals surface area contributed by atoms with Gasteiger partial charge in [0, 0.05) is 17.8 Å². The number of nitrogens with zero attached hydrogens (tertiary/aromatic N) is 1. The van der Waals surface area contributed by atoms with E-state index in [1.165, 1.54) is 6.07 Å². The van der Waals surface area contributed by atoms with E-state index in [9.17, 15) is 22.4 Å². The maximum Gasteiger partial charge on any atom is 0.419 e. The molecule has 1 fully saturated rings. The molecule has 0 aromatic heterocycles. The zero-order valence-corrected chi connectivity index (χ0v) is 14.4. The molecule has 1 aromatic rings. The minimum absolute atomic E-state index is 0.308. The van der Waals surface area contributed by atoms with Crippen LogP contribution in [0.15, 0.2) is 18.2 Å². The summed E-state index contributed by atoms with van der Waals surface area (Å²) in [6.45, 7) is 6.35. The van der Waals surface area contributed by atoms with E-state index in [-0.39, 0.29) is 0 Å². The normalized spacial score (nSPS) is 18.8. The standard InChI is InChI=1S/C17H22F4N2O2/c1-16(2,3)22-15(24)25-12-5-4-8-23(10-12)11-6-7-13(14(18)9-11)17(19,20)21/h6-7,9,12H,4-5,8,10H2,1-3H3,(H,22,24)/t12-/m1/s1. The first-order valence-electron chi connectivity index (χ1n) is 8.06. The second-order valence-corrected chi connectivity index (χ2v) is 7.15. The van der Waals surface area contributed by atoms with Crippen LogP contribution in [0, 0.1) is 5.82 Å². The minimum Gasteiger partial charge on any atom is -0.444 e. The average molecular weight is 362 g/mol. The lowest BCUT2D eigenvalue weighted by Gasteiger charge is -2.34. The second-order valence-electron chi connectivity index (χ2n) is 7.15. The zero-order valence-electron chi connectivity index (χ0n) is 14.4. The topological polar surface area (TPSA) is 41.6 Å². The van der Waals surface area contributed by atoms with Gasteiger partial charge < -0.3 is 15.0 Å². The van der Waals surface area contributed by atoms with Crippen molar-refractivity contribution in [2.45, 2.75) is 51.4 Å². The Hall–Kier alpha value is -1.99. The predicted octanol–water partition coefficient (Wildman–Crippen LogP) is 4.34. The summed E-state index contributed by atoms with van der Waals surface area (Å²) >= 11 is 0. The van der Waals surface area contributed by atoms with Gasteiger partial charge in [0.1, 0.15) is 11.9 Å². The first-order valence-corrected chi connectivity index (χ1v) is 8.06. The molecule has 2 rings (SSSR count). The molecular formula is C17H22F4N2O2. The van der Waals surface area contributed by atoms with Crippen molar-refractivity contribution in [2.75, 3.05) is 18.0 Å². The summed E-state index contributed by atoms with van der Waals surface area (Å²) in [6.07, 6.45) is -4.33. The summed E-state index contributed by atoms with van der Waals surface area (Å²) in [4.78, 5) is 13.6. The number of halogens is 4. The van der Waals surface area contributed by atoms with Gasteiger partial charge in [-0.2, -0.15) is 13.2 Å². The van der Waals surface area contributed by atoms with Crippen LogP contribution in [0.2, 0.25) is 0 Å². The van der Waals surface area contributed by atoms with Crippen LogP contribution in [0.25, 0.3) is 0 Å². The maximum absolute atomic E-state index is 13.8. The highest BCUT2D eigenvalue weighted by molar-refractivity contribution is 5.68. The number of alkyl carbamates (subject to hydrolysis) is 1. The molecule has 1 aliphatic rings. The van der Waals surface area contributed by atoms with Crippen LogP contribution in [-0.4, -0.2) is 30.8 Å². The smallest absolute Gasteiger partial charge is 0.419 e. The van der Waals surface area contributed by atoms with Gasteiger partial charge in [0.05, 0.1) is 12.1 Å². The number of hydrogen-bond acceptors (Lipinski definition) is 3. The van der Waals surface area contributed by atoms with Crippen LogP contribution < -0.4 is 10.2 Å². The van der Waals surface area contributed by atoms with E-state index in [1.54, 1.807) is 4.90 Å². The Kier molecular flexibility index (Phi) is 5.49. The molecule has 0 saturated carbocycles. The van der Waals surface area contributed by atoms with E-state index in [0.29, 0.717) is 31.6 Å². The number of carbonyl (C=O) groups is 1. The molecule has 25 heavy (non-hydrogen) atoms. The Balaban J connectivity index is 2.04. The van der Waals surface area contributed by atoms with E-state index < -0.39 is 35.3 Å². The molecule has 1 atom stereocenters. The Bertz CT molecular complexity index is 626. The first kappa shape index (κ1) is 19.3. The summed E-state index contributed by atoms with van der Waals surface area (Å²) in [6, 6.07) is 2.85. The fourth-order valence-corrected chi connectivity index (χ4v) is 2.69. The van der Waals surface area contributed by atoms with Gasteiger partial charge in [0.25, 0.3) is 0 Å². The molecule has 1 N–H and O–H groups in total. The van der Waals surface area contributed by atoms with Crippen LogP contribution in [0.3, 0.4) is 0 Å². The first-order chi connectivity index (χ1) is 11.5. The maximum atomic E-state index is 13.8. The largest absolute Gasteiger partial charge is 0.444 e. The fraction of sp³-hybridized carbons (Fsp3) is 0.588. The van der Waals surface area contributed by atoms with Crippen molar-refractivity contribution < 1.29 is 27.1 Å². The van der Waals surface area contributed by atoms with E-state index in [0.717, 1.165) is 12.1 Å². The zero-order chi connectivity index (χ0) is 18.8. The lowest BCUT2D eigenvalue weighted by atomic mass is 10.1. The molecule has 1 saturated heterocycles. The molecule has 0 aliphatic carbocycles. The Morgan fingerprint density at radius 2 is 1.96 bits per heavy atom. The number of piperidine rings is 1. The van der Waals surface area contributed by atoms with Gasteiger partial charge in [0.2, 0.25) is 0 Å². The molecule has 1 aliphatic heterocycles. The van der Waals surface area contributed by atoms with Crippen molar-refractivity contribution in [3.63, 3.8) is 0 Å². The molecule has 1 amide bonds. The number of amides is 1. The van der Waals surface area contributed by atoms with E-state index >= 15 is 0 Å². The third kappa shape index (κ3) is 5.51. The number of nitrogens with one attached hydrogen (secondary N) is 1. The van der Waals surface area contributed by atoms with Gasteiger partial charge in [-0.3, -0.25) is 0 Å². The highest BCUT2D eigenvalue weighted by Crippen LogP contribution is 2.33. The molecule has 0 unspecified atom stereocenters. The third-order valence-electron chi connectivity index (χ3n) is 3.75. The number of rotatable bonds is 2. The monoisotopic (exact) mass is 362 g/mol. The summed E-state index contributed by atoms with van der Waals surface area (Å²) in [7, 11) is 0. The van der Waals surface area contributed by atoms with Crippen LogP contribution in [0.1, 0.15) is 39.2 Å². The van der Waals surface area contributed by atoms with Crippen LogP contribution >= 0.6 is 0 Å². The number of alkyl halides is 3. The molecule has 8 heteroatoms. The van der Waals surface area contributed by atoms with Crippen LogP contribution in [0.5, 0.6) is 0 Å². The number of anilines is 1. The van der Waals surface area contributed by atoms with Gasteiger partial charge in [-0.1, -0.05) is 0 Å². The van der Waals surface area contributed by atoms with E-state index in [1.807, 2.05) is 20.8 Å². The lowest BCUT2D eigenvalue weighted by molar-refractivity contribution is -0.139. The van der Waals surface area contributed by atoms with E-state index in [2.05, 4.69) is 5.32 Å². The Morgan fingerprint density at radius 3 is 2.52 bits per heavy atom. The highest BCUT2D eigenvalue weighted by Gasteiger charge is 2.34. The van der Waals surface area contributed by atoms with Crippen molar-refractivity contribution in [1.29, 1.82) is 0 Å². The summed E-state index contributed by atoms with van der Waals surface area (Å²) < 4.78 is 57.0. The quantitative estimate of drug-likeness (QED) is 0.796. The number of hydrogen-bond donors (Lipinski definition) is 1. The van der Waals surface area contributed by atoms with E-state index in [4.69, 9.17) is 4.74 Å². The number of ether oxygens (including phenoxy) is 1. The van der Waals surface area contributed by atoms with Gasteiger partial charge in [-0.25, -0.2) is 9.18 Å². The van der Waals surface area contributed by atoms with Crippen LogP contribution in [0.4, 0.5) is 28.0 Å². The number of carbonyl (C=O) groups excluding carboxylic acids is 1. The molecule has 140 valence electrons. The average Bonchev–Trinajstić information content (AvgIpc) is 2.44. The van der Waals surface area contributed by atoms with Crippen molar-refractivity contribution in [3.05, 3.63) is 29.6 Å². The minimum atomic E-state index is -4.72. The van der Waals surface area contributed by atoms with Crippen molar-refractivity contribution in [2.24, 2.45) is 0 Å². The van der Waals surface area contributed by atoms with Gasteiger partial charge in [-0.15, -0.1) is 0 Å². The van der Waals surface area contributed by atoms with Crippen LogP contribution in [-0.2, 0) is 10.9 Å². The van der Waals surface area contributed by atoms with Crippen molar-refractivity contribution >= 4 is 11.8 Å². The Labute approximate surface area is 144 Å². The lowest BCUT2D eigenvalue weighted by Crippen LogP contribution is -2.46. The molecule has 0 radical (unpaired) electrons. The fourth-order valence-electron chi connectivity index (χ4n) is 2.69. The predicted molar refractivity (Wildman–Crippen MR) is 86.0 cm³/mol. The molecule has 0 spiro atoms. The van der Waals surface area contributed by atoms with Gasteiger partial charge >= 0.3 is 12.3 Å². The van der Waals surface area contributed by atoms with Crippen molar-refractivity contribution in [1.82, 2.24) is 5.32 Å². The summed E-state index contributed by atoms with van der Waals surface area (Å²) in [5.41, 5.74) is -1.37. The van der Waals surface area contributed by atoms with Crippen molar-refractivity contribution in [3.8, 4) is 0 Å². The Morgan fingerprint density at radius 1 is 1.28 bits per heavy atom. The summed E-state index contributed by atoms with van der Waals surface area (Å²) in [5.74, 6) is -1.31. The van der Waals surface area contributed by atoms with Gasteiger partial charge in [0.15, 0.2) is 0 Å². The molecular weight excluding hydrogens is 340 g/mol. The SMILES string of the molecule is CC(C)(C)NC(=O)O[C@@H]1CCCN(c2ccc(C(F)(F)F)c(F)c2)C1. The second kappa shape index (κ2) is 7.09. The third-order valence-corrected chi connectivity index (χ3v) is 3.75. The molecule has 1 aromatic carbocycles. The molecule has 4 nitrogen and oxygen atoms in total. The number of benzene rings is 1. The molecule has 1 heterocycles. The highest BCUT2D eigenvalue weighted by atomic mass is 19.4.